The highest BCUT2D eigenvalue weighted by atomic mass is 19.2. The van der Waals surface area contributed by atoms with Crippen LogP contribution in [-0.4, -0.2) is 9.13 Å². The van der Waals surface area contributed by atoms with Crippen molar-refractivity contribution >= 4 is 5.69 Å². The van der Waals surface area contributed by atoms with E-state index >= 15 is 0 Å². The molecule has 0 unspecified atom stereocenters. The maximum Gasteiger partial charge on any atom is 0.330 e. The third-order valence-electron chi connectivity index (χ3n) is 3.12. The van der Waals surface area contributed by atoms with Crippen molar-refractivity contribution in [1.29, 1.82) is 0 Å². The van der Waals surface area contributed by atoms with Crippen molar-refractivity contribution in [3.63, 3.8) is 0 Å². The van der Waals surface area contributed by atoms with Crippen LogP contribution in [0.5, 0.6) is 0 Å². The van der Waals surface area contributed by atoms with Crippen molar-refractivity contribution in [2.45, 2.75) is 6.54 Å². The summed E-state index contributed by atoms with van der Waals surface area (Å²) in [6.45, 7) is -0.0934. The zero-order valence-corrected chi connectivity index (χ0v) is 11.3. The van der Waals surface area contributed by atoms with Gasteiger partial charge in [0.15, 0.2) is 17.5 Å². The smallest absolute Gasteiger partial charge is 0.330 e. The summed E-state index contributed by atoms with van der Waals surface area (Å²) in [5, 5.41) is 2.52. The standard InChI is InChI=1S/C13H12F3N3O2/c1-18-7(5-10(20)19(2)13(18)21)6-17-9-4-3-8(14)11(15)12(9)16/h3-5,17H,6H2,1-2H3. The normalized spacial score (nSPS) is 10.7. The summed E-state index contributed by atoms with van der Waals surface area (Å²) in [4.78, 5) is 23.2. The first-order valence-electron chi connectivity index (χ1n) is 5.96. The molecular formula is C13H12F3N3O2. The van der Waals surface area contributed by atoms with Gasteiger partial charge >= 0.3 is 5.69 Å². The Hall–Kier alpha value is -2.51. The number of halogens is 3. The Morgan fingerprint density at radius 1 is 1.05 bits per heavy atom. The molecule has 2 rings (SSSR count). The van der Waals surface area contributed by atoms with Crippen LogP contribution in [0.1, 0.15) is 5.69 Å². The second-order valence-corrected chi connectivity index (χ2v) is 4.45. The largest absolute Gasteiger partial charge is 0.377 e. The summed E-state index contributed by atoms with van der Waals surface area (Å²) in [5.41, 5.74) is -1.03. The van der Waals surface area contributed by atoms with Crippen LogP contribution in [0.2, 0.25) is 0 Å². The second-order valence-electron chi connectivity index (χ2n) is 4.45. The Kier molecular flexibility index (Phi) is 3.88. The Morgan fingerprint density at radius 2 is 1.71 bits per heavy atom. The highest BCUT2D eigenvalue weighted by molar-refractivity contribution is 5.45. The fraction of sp³-hybridized carbons (Fsp3) is 0.231. The van der Waals surface area contributed by atoms with Crippen LogP contribution in [0, 0.1) is 17.5 Å². The molecule has 1 aromatic carbocycles. The van der Waals surface area contributed by atoms with Gasteiger partial charge in [0.25, 0.3) is 5.56 Å². The van der Waals surface area contributed by atoms with Crippen LogP contribution >= 0.6 is 0 Å². The molecule has 5 nitrogen and oxygen atoms in total. The van der Waals surface area contributed by atoms with Gasteiger partial charge in [-0.05, 0) is 12.1 Å². The molecule has 0 bridgehead atoms. The van der Waals surface area contributed by atoms with E-state index in [1.807, 2.05) is 0 Å². The number of hydrogen-bond donors (Lipinski definition) is 1. The van der Waals surface area contributed by atoms with E-state index in [0.29, 0.717) is 0 Å². The molecule has 0 fully saturated rings. The topological polar surface area (TPSA) is 56.0 Å². The lowest BCUT2D eigenvalue weighted by molar-refractivity contribution is 0.449. The average molecular weight is 299 g/mol. The molecule has 0 saturated heterocycles. The second kappa shape index (κ2) is 5.47. The van der Waals surface area contributed by atoms with Gasteiger partial charge in [-0.15, -0.1) is 0 Å². The zero-order valence-electron chi connectivity index (χ0n) is 11.3. The number of nitrogens with zero attached hydrogens (tertiary/aromatic N) is 2. The van der Waals surface area contributed by atoms with Gasteiger partial charge in [-0.2, -0.15) is 0 Å². The number of benzene rings is 1. The molecule has 0 aliphatic heterocycles. The predicted molar refractivity (Wildman–Crippen MR) is 70.6 cm³/mol. The van der Waals surface area contributed by atoms with Gasteiger partial charge in [0, 0.05) is 25.9 Å². The first kappa shape index (κ1) is 14.9. The molecule has 0 atom stereocenters. The number of aromatic nitrogens is 2. The molecule has 0 radical (unpaired) electrons. The minimum Gasteiger partial charge on any atom is -0.377 e. The van der Waals surface area contributed by atoms with Crippen LogP contribution in [0.15, 0.2) is 27.8 Å². The van der Waals surface area contributed by atoms with E-state index in [9.17, 15) is 22.8 Å². The number of nitrogens with one attached hydrogen (secondary N) is 1. The predicted octanol–water partition coefficient (Wildman–Crippen LogP) is 1.11. The van der Waals surface area contributed by atoms with Crippen molar-refractivity contribution in [2.24, 2.45) is 14.1 Å². The van der Waals surface area contributed by atoms with E-state index in [1.165, 1.54) is 24.7 Å². The van der Waals surface area contributed by atoms with Crippen LogP contribution in [0.4, 0.5) is 18.9 Å². The first-order valence-corrected chi connectivity index (χ1v) is 5.96. The number of anilines is 1. The lowest BCUT2D eigenvalue weighted by Crippen LogP contribution is -2.38. The van der Waals surface area contributed by atoms with Gasteiger partial charge in [0.05, 0.1) is 12.2 Å². The summed E-state index contributed by atoms with van der Waals surface area (Å²) >= 11 is 0. The number of hydrogen-bond acceptors (Lipinski definition) is 3. The molecule has 0 amide bonds. The molecule has 0 spiro atoms. The van der Waals surface area contributed by atoms with Crippen molar-refractivity contribution < 1.29 is 13.2 Å². The Morgan fingerprint density at radius 3 is 2.38 bits per heavy atom. The zero-order chi connectivity index (χ0) is 15.7. The first-order chi connectivity index (χ1) is 9.82. The molecule has 1 N–H and O–H groups in total. The Labute approximate surface area is 117 Å². The lowest BCUT2D eigenvalue weighted by atomic mass is 10.2. The van der Waals surface area contributed by atoms with Crippen LogP contribution in [0.3, 0.4) is 0 Å². The fourth-order valence-corrected chi connectivity index (χ4v) is 1.80. The highest BCUT2D eigenvalue weighted by Crippen LogP contribution is 2.19. The molecule has 8 heteroatoms. The summed E-state index contributed by atoms with van der Waals surface area (Å²) in [6.07, 6.45) is 0. The minimum absolute atomic E-state index is 0.0934. The molecule has 112 valence electrons. The van der Waals surface area contributed by atoms with Gasteiger partial charge in [0.2, 0.25) is 0 Å². The van der Waals surface area contributed by atoms with Crippen LogP contribution < -0.4 is 16.6 Å². The summed E-state index contributed by atoms with van der Waals surface area (Å²) in [7, 11) is 2.78. The van der Waals surface area contributed by atoms with E-state index in [0.717, 1.165) is 16.7 Å². The third-order valence-corrected chi connectivity index (χ3v) is 3.12. The van der Waals surface area contributed by atoms with E-state index in [1.54, 1.807) is 0 Å². The minimum atomic E-state index is -1.59. The monoisotopic (exact) mass is 299 g/mol. The van der Waals surface area contributed by atoms with E-state index < -0.39 is 28.7 Å². The summed E-state index contributed by atoms with van der Waals surface area (Å²) in [6, 6.07) is 3.02. The van der Waals surface area contributed by atoms with Crippen molar-refractivity contribution in [3.8, 4) is 0 Å². The Bertz CT molecular complexity index is 812. The number of rotatable bonds is 3. The quantitative estimate of drug-likeness (QED) is 0.864. The molecular weight excluding hydrogens is 287 g/mol. The van der Waals surface area contributed by atoms with Gasteiger partial charge in [0.1, 0.15) is 0 Å². The van der Waals surface area contributed by atoms with E-state index in [4.69, 9.17) is 0 Å². The SMILES string of the molecule is Cn1c(CNc2ccc(F)c(F)c2F)cc(=O)n(C)c1=O. The molecule has 0 aliphatic carbocycles. The molecule has 21 heavy (non-hydrogen) atoms. The molecule has 1 heterocycles. The lowest BCUT2D eigenvalue weighted by Gasteiger charge is -2.12. The third kappa shape index (κ3) is 2.69. The fourth-order valence-electron chi connectivity index (χ4n) is 1.80. The van der Waals surface area contributed by atoms with Gasteiger partial charge in [-0.1, -0.05) is 0 Å². The van der Waals surface area contributed by atoms with Gasteiger partial charge in [-0.3, -0.25) is 13.9 Å². The van der Waals surface area contributed by atoms with Crippen molar-refractivity contribution in [1.82, 2.24) is 9.13 Å². The van der Waals surface area contributed by atoms with E-state index in [2.05, 4.69) is 5.32 Å². The van der Waals surface area contributed by atoms with Crippen molar-refractivity contribution in [2.75, 3.05) is 5.32 Å². The van der Waals surface area contributed by atoms with Crippen LogP contribution in [-0.2, 0) is 20.6 Å². The average Bonchev–Trinajstić information content (AvgIpc) is 2.46. The maximum absolute atomic E-state index is 13.5. The molecule has 2 aromatic rings. The maximum atomic E-state index is 13.5. The molecule has 0 saturated carbocycles. The van der Waals surface area contributed by atoms with E-state index in [-0.39, 0.29) is 17.9 Å². The van der Waals surface area contributed by atoms with Gasteiger partial charge in [-0.25, -0.2) is 18.0 Å². The summed E-state index contributed by atoms with van der Waals surface area (Å²) < 4.78 is 41.5. The highest BCUT2D eigenvalue weighted by Gasteiger charge is 2.13. The Balaban J connectivity index is 2.32. The van der Waals surface area contributed by atoms with Crippen molar-refractivity contribution in [3.05, 3.63) is 62.2 Å². The molecule has 1 aromatic heterocycles. The van der Waals surface area contributed by atoms with Gasteiger partial charge < -0.3 is 5.32 Å². The van der Waals surface area contributed by atoms with Crippen LogP contribution in [0.25, 0.3) is 0 Å². The molecule has 0 aliphatic rings. The summed E-state index contributed by atoms with van der Waals surface area (Å²) in [5.74, 6) is -4.24.